The number of hydrogen-bond donors (Lipinski definition) is 1. The Morgan fingerprint density at radius 2 is 2.20 bits per heavy atom. The standard InChI is InChI=1S/C16H25N3O/c1-5-19-9-8-17-12(13(19)20)18-14-15(2,3)11-6-7-16(14,4)10-11/h8-9,11,14H,5-7,10H2,1-4H3,(H,17,18). The molecule has 0 aromatic carbocycles. The van der Waals surface area contributed by atoms with Gasteiger partial charge in [0, 0.05) is 25.0 Å². The molecule has 0 spiro atoms. The van der Waals surface area contributed by atoms with Gasteiger partial charge in [-0.1, -0.05) is 20.8 Å². The van der Waals surface area contributed by atoms with Crippen LogP contribution in [-0.2, 0) is 6.54 Å². The van der Waals surface area contributed by atoms with Crippen LogP contribution in [-0.4, -0.2) is 15.6 Å². The monoisotopic (exact) mass is 275 g/mol. The third-order valence-electron chi connectivity index (χ3n) is 5.81. The van der Waals surface area contributed by atoms with E-state index in [4.69, 9.17) is 0 Å². The molecule has 1 heterocycles. The van der Waals surface area contributed by atoms with Gasteiger partial charge in [-0.15, -0.1) is 0 Å². The first-order valence-corrected chi connectivity index (χ1v) is 7.70. The van der Waals surface area contributed by atoms with E-state index in [-0.39, 0.29) is 11.0 Å². The summed E-state index contributed by atoms with van der Waals surface area (Å²) in [6.45, 7) is 9.70. The van der Waals surface area contributed by atoms with Crippen molar-refractivity contribution in [3.63, 3.8) is 0 Å². The molecule has 3 unspecified atom stereocenters. The maximum absolute atomic E-state index is 12.3. The van der Waals surface area contributed by atoms with Crippen LogP contribution in [0.5, 0.6) is 0 Å². The van der Waals surface area contributed by atoms with Gasteiger partial charge in [0.15, 0.2) is 5.82 Å². The highest BCUT2D eigenvalue weighted by atomic mass is 16.1. The molecule has 20 heavy (non-hydrogen) atoms. The number of nitrogens with zero attached hydrogens (tertiary/aromatic N) is 2. The van der Waals surface area contributed by atoms with E-state index in [0.29, 0.717) is 23.8 Å². The number of rotatable bonds is 3. The van der Waals surface area contributed by atoms with Crippen molar-refractivity contribution in [3.05, 3.63) is 22.7 Å². The topological polar surface area (TPSA) is 46.9 Å². The van der Waals surface area contributed by atoms with Gasteiger partial charge in [0.2, 0.25) is 0 Å². The van der Waals surface area contributed by atoms with Crippen LogP contribution >= 0.6 is 0 Å². The Morgan fingerprint density at radius 1 is 1.45 bits per heavy atom. The molecular formula is C16H25N3O. The average molecular weight is 275 g/mol. The molecule has 2 saturated carbocycles. The summed E-state index contributed by atoms with van der Waals surface area (Å²) in [6, 6.07) is 0.335. The van der Waals surface area contributed by atoms with Gasteiger partial charge in [-0.3, -0.25) is 4.79 Å². The third-order valence-corrected chi connectivity index (χ3v) is 5.81. The van der Waals surface area contributed by atoms with Gasteiger partial charge in [-0.25, -0.2) is 4.98 Å². The fraction of sp³-hybridized carbons (Fsp3) is 0.750. The van der Waals surface area contributed by atoms with E-state index in [1.54, 1.807) is 17.0 Å². The van der Waals surface area contributed by atoms with Gasteiger partial charge in [0.1, 0.15) is 0 Å². The quantitative estimate of drug-likeness (QED) is 0.922. The highest BCUT2D eigenvalue weighted by Crippen LogP contribution is 2.62. The summed E-state index contributed by atoms with van der Waals surface area (Å²) in [5.74, 6) is 1.28. The second-order valence-electron chi connectivity index (χ2n) is 7.36. The molecule has 4 nitrogen and oxygen atoms in total. The molecule has 110 valence electrons. The van der Waals surface area contributed by atoms with Crippen LogP contribution in [0, 0.1) is 16.7 Å². The highest BCUT2D eigenvalue weighted by Gasteiger charge is 2.59. The van der Waals surface area contributed by atoms with Crippen molar-refractivity contribution in [1.29, 1.82) is 0 Å². The molecule has 2 aliphatic carbocycles. The van der Waals surface area contributed by atoms with E-state index in [0.717, 1.165) is 5.92 Å². The molecule has 0 radical (unpaired) electrons. The van der Waals surface area contributed by atoms with Crippen LogP contribution in [0.15, 0.2) is 17.2 Å². The maximum Gasteiger partial charge on any atom is 0.293 e. The first-order valence-electron chi connectivity index (χ1n) is 7.70. The van der Waals surface area contributed by atoms with E-state index in [1.807, 2.05) is 6.92 Å². The van der Waals surface area contributed by atoms with Gasteiger partial charge in [-0.2, -0.15) is 0 Å². The SMILES string of the molecule is CCn1ccnc(NC2C3(C)CCC(C3)C2(C)C)c1=O. The van der Waals surface area contributed by atoms with Gasteiger partial charge in [-0.05, 0) is 42.9 Å². The molecule has 0 saturated heterocycles. The first-order chi connectivity index (χ1) is 9.38. The largest absolute Gasteiger partial charge is 0.362 e. The molecule has 1 N–H and O–H groups in total. The van der Waals surface area contributed by atoms with Crippen LogP contribution in [0.3, 0.4) is 0 Å². The second-order valence-corrected chi connectivity index (χ2v) is 7.36. The first kappa shape index (κ1) is 13.7. The van der Waals surface area contributed by atoms with Crippen LogP contribution in [0.1, 0.15) is 47.0 Å². The molecule has 4 heteroatoms. The molecule has 0 amide bonds. The fourth-order valence-corrected chi connectivity index (χ4v) is 4.59. The Morgan fingerprint density at radius 3 is 2.80 bits per heavy atom. The Kier molecular flexibility index (Phi) is 2.96. The lowest BCUT2D eigenvalue weighted by atomic mass is 9.68. The molecule has 2 fully saturated rings. The van der Waals surface area contributed by atoms with E-state index < -0.39 is 0 Å². The number of anilines is 1. The van der Waals surface area contributed by atoms with Crippen molar-refractivity contribution in [2.75, 3.05) is 5.32 Å². The summed E-state index contributed by atoms with van der Waals surface area (Å²) in [7, 11) is 0. The van der Waals surface area contributed by atoms with E-state index in [9.17, 15) is 4.79 Å². The summed E-state index contributed by atoms with van der Waals surface area (Å²) in [6.07, 6.45) is 7.32. The van der Waals surface area contributed by atoms with Gasteiger partial charge in [0.25, 0.3) is 5.56 Å². The lowest BCUT2D eigenvalue weighted by molar-refractivity contribution is 0.155. The summed E-state index contributed by atoms with van der Waals surface area (Å²) >= 11 is 0. The zero-order valence-corrected chi connectivity index (χ0v) is 12.9. The number of hydrogen-bond acceptors (Lipinski definition) is 3. The van der Waals surface area contributed by atoms with Crippen LogP contribution in [0.25, 0.3) is 0 Å². The smallest absolute Gasteiger partial charge is 0.293 e. The summed E-state index contributed by atoms with van der Waals surface area (Å²) in [4.78, 5) is 16.6. The summed E-state index contributed by atoms with van der Waals surface area (Å²) < 4.78 is 1.71. The van der Waals surface area contributed by atoms with Crippen molar-refractivity contribution in [3.8, 4) is 0 Å². The highest BCUT2D eigenvalue weighted by molar-refractivity contribution is 5.36. The number of fused-ring (bicyclic) bond motifs is 2. The van der Waals surface area contributed by atoms with Crippen molar-refractivity contribution in [2.24, 2.45) is 16.7 Å². The number of aromatic nitrogens is 2. The van der Waals surface area contributed by atoms with Gasteiger partial charge in [0.05, 0.1) is 0 Å². The second kappa shape index (κ2) is 4.34. The molecule has 1 aromatic heterocycles. The Balaban J connectivity index is 1.94. The lowest BCUT2D eigenvalue weighted by Gasteiger charge is -2.43. The van der Waals surface area contributed by atoms with E-state index >= 15 is 0 Å². The molecule has 1 aromatic rings. The number of nitrogens with one attached hydrogen (secondary N) is 1. The van der Waals surface area contributed by atoms with Crippen molar-refractivity contribution >= 4 is 5.82 Å². The minimum atomic E-state index is -0.00262. The molecular weight excluding hydrogens is 250 g/mol. The normalized spacial score (nSPS) is 34.4. The fourth-order valence-electron chi connectivity index (χ4n) is 4.59. The Hall–Kier alpha value is -1.32. The zero-order valence-electron chi connectivity index (χ0n) is 12.9. The average Bonchev–Trinajstić information content (AvgIpc) is 2.87. The van der Waals surface area contributed by atoms with Gasteiger partial charge >= 0.3 is 0 Å². The molecule has 3 rings (SSSR count). The molecule has 2 aliphatic rings. The van der Waals surface area contributed by atoms with Gasteiger partial charge < -0.3 is 9.88 Å². The Labute approximate surface area is 120 Å². The van der Waals surface area contributed by atoms with Crippen LogP contribution < -0.4 is 10.9 Å². The molecule has 2 bridgehead atoms. The minimum absolute atomic E-state index is 0.00262. The Bertz CT molecular complexity index is 573. The van der Waals surface area contributed by atoms with Crippen LogP contribution in [0.2, 0.25) is 0 Å². The molecule has 0 aliphatic heterocycles. The predicted molar refractivity (Wildman–Crippen MR) is 80.8 cm³/mol. The van der Waals surface area contributed by atoms with E-state index in [2.05, 4.69) is 31.1 Å². The zero-order chi connectivity index (χ0) is 14.5. The maximum atomic E-state index is 12.3. The third kappa shape index (κ3) is 1.80. The van der Waals surface area contributed by atoms with E-state index in [1.165, 1.54) is 19.3 Å². The minimum Gasteiger partial charge on any atom is -0.362 e. The summed E-state index contributed by atoms with van der Waals surface area (Å²) in [5, 5.41) is 3.50. The predicted octanol–water partition coefficient (Wildman–Crippen LogP) is 2.89. The number of aryl methyl sites for hydroxylation is 1. The van der Waals surface area contributed by atoms with Crippen molar-refractivity contribution in [2.45, 2.75) is 59.5 Å². The van der Waals surface area contributed by atoms with Crippen molar-refractivity contribution in [1.82, 2.24) is 9.55 Å². The van der Waals surface area contributed by atoms with Crippen LogP contribution in [0.4, 0.5) is 5.82 Å². The lowest BCUT2D eigenvalue weighted by Crippen LogP contribution is -2.47. The molecule has 3 atom stereocenters. The summed E-state index contributed by atoms with van der Waals surface area (Å²) in [5.41, 5.74) is 0.528. The van der Waals surface area contributed by atoms with Crippen molar-refractivity contribution < 1.29 is 0 Å².